The number of halogens is 2. The predicted octanol–water partition coefficient (Wildman–Crippen LogP) is 3.50. The zero-order chi connectivity index (χ0) is 16.4. The van der Waals surface area contributed by atoms with Crippen molar-refractivity contribution in [2.24, 2.45) is 0 Å². The van der Waals surface area contributed by atoms with Crippen LogP contribution in [0.15, 0.2) is 28.7 Å². The van der Waals surface area contributed by atoms with Crippen molar-refractivity contribution < 1.29 is 14.3 Å². The average molecular weight is 381 g/mol. The molecule has 0 bridgehead atoms. The number of benzene rings is 1. The number of aliphatic carboxylic acids is 1. The summed E-state index contributed by atoms with van der Waals surface area (Å²) in [6.45, 7) is -0.278. The molecule has 1 fully saturated rings. The summed E-state index contributed by atoms with van der Waals surface area (Å²) in [4.78, 5) is 19.2. The highest BCUT2D eigenvalue weighted by molar-refractivity contribution is 9.10. The average Bonchev–Trinajstić information content (AvgIpc) is 3.33. The number of rotatable bonds is 6. The number of carboxylic acids is 1. The van der Waals surface area contributed by atoms with Crippen LogP contribution in [0.1, 0.15) is 24.5 Å². The normalized spacial score (nSPS) is 13.7. The fourth-order valence-electron chi connectivity index (χ4n) is 2.08. The molecule has 1 aliphatic rings. The van der Waals surface area contributed by atoms with E-state index in [-0.39, 0.29) is 18.2 Å². The molecule has 2 aromatic rings. The lowest BCUT2D eigenvalue weighted by Crippen LogP contribution is -2.15. The first-order valence-electron chi connectivity index (χ1n) is 7.08. The molecular formula is C15H14BrFN4O2. The Morgan fingerprint density at radius 3 is 2.78 bits per heavy atom. The predicted molar refractivity (Wildman–Crippen MR) is 87.5 cm³/mol. The minimum atomic E-state index is -1.00. The van der Waals surface area contributed by atoms with Crippen LogP contribution in [0.25, 0.3) is 0 Å². The van der Waals surface area contributed by atoms with Crippen LogP contribution in [-0.4, -0.2) is 27.6 Å². The molecule has 1 aromatic heterocycles. The van der Waals surface area contributed by atoms with Gasteiger partial charge in [0.25, 0.3) is 0 Å². The molecule has 3 rings (SSSR count). The van der Waals surface area contributed by atoms with Crippen molar-refractivity contribution in [3.05, 3.63) is 40.2 Å². The van der Waals surface area contributed by atoms with Crippen LogP contribution in [0.5, 0.6) is 0 Å². The minimum absolute atomic E-state index is 0.219. The molecule has 23 heavy (non-hydrogen) atoms. The number of aromatic nitrogens is 2. The van der Waals surface area contributed by atoms with E-state index < -0.39 is 11.8 Å². The number of hydrogen-bond acceptors (Lipinski definition) is 5. The van der Waals surface area contributed by atoms with Crippen molar-refractivity contribution in [3.8, 4) is 0 Å². The van der Waals surface area contributed by atoms with Crippen molar-refractivity contribution in [2.45, 2.75) is 18.8 Å². The van der Waals surface area contributed by atoms with Gasteiger partial charge in [0.1, 0.15) is 18.2 Å². The van der Waals surface area contributed by atoms with Crippen LogP contribution in [0.3, 0.4) is 0 Å². The maximum absolute atomic E-state index is 13.9. The third-order valence-corrected chi connectivity index (χ3v) is 3.83. The summed E-state index contributed by atoms with van der Waals surface area (Å²) in [7, 11) is 0. The second-order valence-electron chi connectivity index (χ2n) is 5.27. The van der Waals surface area contributed by atoms with E-state index in [1.54, 1.807) is 18.2 Å². The van der Waals surface area contributed by atoms with E-state index in [1.165, 1.54) is 6.07 Å². The Hall–Kier alpha value is -2.22. The molecule has 3 N–H and O–H groups in total. The summed E-state index contributed by atoms with van der Waals surface area (Å²) in [5, 5.41) is 14.3. The van der Waals surface area contributed by atoms with Gasteiger partial charge >= 0.3 is 5.97 Å². The molecular weight excluding hydrogens is 367 g/mol. The van der Waals surface area contributed by atoms with E-state index >= 15 is 0 Å². The quantitative estimate of drug-likeness (QED) is 0.710. The fourth-order valence-corrected chi connectivity index (χ4v) is 2.41. The Labute approximate surface area is 140 Å². The van der Waals surface area contributed by atoms with Gasteiger partial charge < -0.3 is 15.7 Å². The second kappa shape index (κ2) is 6.49. The molecule has 1 heterocycles. The topological polar surface area (TPSA) is 87.1 Å². The van der Waals surface area contributed by atoms with E-state index in [4.69, 9.17) is 5.11 Å². The molecule has 8 heteroatoms. The third kappa shape index (κ3) is 4.16. The van der Waals surface area contributed by atoms with E-state index in [9.17, 15) is 9.18 Å². The largest absolute Gasteiger partial charge is 0.480 e. The molecule has 120 valence electrons. The van der Waals surface area contributed by atoms with Gasteiger partial charge in [-0.05, 0) is 31.0 Å². The van der Waals surface area contributed by atoms with Gasteiger partial charge in [0.15, 0.2) is 0 Å². The van der Waals surface area contributed by atoms with E-state index in [0.29, 0.717) is 16.2 Å². The zero-order valence-corrected chi connectivity index (χ0v) is 13.6. The summed E-state index contributed by atoms with van der Waals surface area (Å²) in [5.41, 5.74) is 1.12. The first kappa shape index (κ1) is 15.7. The minimum Gasteiger partial charge on any atom is -0.480 e. The molecule has 0 spiro atoms. The van der Waals surface area contributed by atoms with Crippen molar-refractivity contribution >= 4 is 39.4 Å². The van der Waals surface area contributed by atoms with Crippen molar-refractivity contribution in [2.75, 3.05) is 17.2 Å². The van der Waals surface area contributed by atoms with Crippen molar-refractivity contribution in [1.29, 1.82) is 0 Å². The number of carbonyl (C=O) groups is 1. The summed E-state index contributed by atoms with van der Waals surface area (Å²) in [6.07, 6.45) is 2.09. The summed E-state index contributed by atoms with van der Waals surface area (Å²) in [6, 6.07) is 6.45. The fraction of sp³-hybridized carbons (Fsp3) is 0.267. The molecule has 0 amide bonds. The zero-order valence-electron chi connectivity index (χ0n) is 12.0. The van der Waals surface area contributed by atoms with Gasteiger partial charge in [-0.1, -0.05) is 15.9 Å². The van der Waals surface area contributed by atoms with Gasteiger partial charge in [-0.3, -0.25) is 4.79 Å². The molecule has 0 saturated heterocycles. The first-order chi connectivity index (χ1) is 11.0. The number of nitrogens with zero attached hydrogens (tertiary/aromatic N) is 2. The standard InChI is InChI=1S/C15H14BrFN4O2/c16-9-3-4-11(10(17)5-9)19-13-6-12(8-1-2-8)20-15(21-13)18-7-14(22)23/h3-6,8H,1-2,7H2,(H,22,23)(H2,18,19,20,21). The lowest BCUT2D eigenvalue weighted by molar-refractivity contribution is -0.134. The Balaban J connectivity index is 1.86. The van der Waals surface area contributed by atoms with E-state index in [2.05, 4.69) is 36.5 Å². The second-order valence-corrected chi connectivity index (χ2v) is 6.19. The molecule has 0 atom stereocenters. The van der Waals surface area contributed by atoms with Gasteiger partial charge in [0, 0.05) is 16.5 Å². The van der Waals surface area contributed by atoms with Gasteiger partial charge in [0.2, 0.25) is 5.95 Å². The number of carboxylic acid groups (broad SMARTS) is 1. The smallest absolute Gasteiger partial charge is 0.322 e. The highest BCUT2D eigenvalue weighted by atomic mass is 79.9. The maximum Gasteiger partial charge on any atom is 0.322 e. The van der Waals surface area contributed by atoms with Gasteiger partial charge in [-0.2, -0.15) is 4.98 Å². The highest BCUT2D eigenvalue weighted by Crippen LogP contribution is 2.40. The Morgan fingerprint density at radius 1 is 1.35 bits per heavy atom. The van der Waals surface area contributed by atoms with Gasteiger partial charge in [-0.25, -0.2) is 9.37 Å². The summed E-state index contributed by atoms with van der Waals surface area (Å²) < 4.78 is 14.6. The number of anilines is 3. The van der Waals surface area contributed by atoms with Crippen LogP contribution in [0, 0.1) is 5.82 Å². The first-order valence-corrected chi connectivity index (χ1v) is 7.87. The Kier molecular flexibility index (Phi) is 4.42. The number of nitrogens with one attached hydrogen (secondary N) is 2. The van der Waals surface area contributed by atoms with Gasteiger partial charge in [0.05, 0.1) is 11.4 Å². The third-order valence-electron chi connectivity index (χ3n) is 3.33. The van der Waals surface area contributed by atoms with Crippen molar-refractivity contribution in [3.63, 3.8) is 0 Å². The number of hydrogen-bond donors (Lipinski definition) is 3. The molecule has 0 radical (unpaired) electrons. The van der Waals surface area contributed by atoms with Crippen LogP contribution in [0.4, 0.5) is 21.8 Å². The van der Waals surface area contributed by atoms with Crippen LogP contribution in [-0.2, 0) is 4.79 Å². The lowest BCUT2D eigenvalue weighted by atomic mass is 10.2. The monoisotopic (exact) mass is 380 g/mol. The van der Waals surface area contributed by atoms with E-state index in [1.807, 2.05) is 0 Å². The SMILES string of the molecule is O=C(O)CNc1nc(Nc2ccc(Br)cc2F)cc(C2CC2)n1. The molecule has 0 aliphatic heterocycles. The van der Waals surface area contributed by atoms with Crippen molar-refractivity contribution in [1.82, 2.24) is 9.97 Å². The lowest BCUT2D eigenvalue weighted by Gasteiger charge is -2.11. The molecule has 0 unspecified atom stereocenters. The van der Waals surface area contributed by atoms with Crippen LogP contribution in [0.2, 0.25) is 0 Å². The summed E-state index contributed by atoms with van der Waals surface area (Å²) in [5.74, 6) is -0.406. The Morgan fingerprint density at radius 2 is 2.13 bits per heavy atom. The Bertz CT molecular complexity index is 752. The van der Waals surface area contributed by atoms with Crippen LogP contribution >= 0.6 is 15.9 Å². The van der Waals surface area contributed by atoms with Crippen LogP contribution < -0.4 is 10.6 Å². The van der Waals surface area contributed by atoms with E-state index in [0.717, 1.165) is 18.5 Å². The summed E-state index contributed by atoms with van der Waals surface area (Å²) >= 11 is 3.21. The maximum atomic E-state index is 13.9. The van der Waals surface area contributed by atoms with Gasteiger partial charge in [-0.15, -0.1) is 0 Å². The molecule has 1 aliphatic carbocycles. The molecule has 1 aromatic carbocycles. The highest BCUT2D eigenvalue weighted by Gasteiger charge is 2.26. The molecule has 6 nitrogen and oxygen atoms in total. The molecule has 1 saturated carbocycles.